The highest BCUT2D eigenvalue weighted by atomic mass is 32.1. The summed E-state index contributed by atoms with van der Waals surface area (Å²) < 4.78 is 1.11. The van der Waals surface area contributed by atoms with Gasteiger partial charge in [0.15, 0.2) is 0 Å². The molecule has 0 saturated heterocycles. The van der Waals surface area contributed by atoms with Gasteiger partial charge in [-0.15, -0.1) is 11.3 Å². The van der Waals surface area contributed by atoms with Crippen LogP contribution in [0.15, 0.2) is 23.6 Å². The highest BCUT2D eigenvalue weighted by Crippen LogP contribution is 2.26. The number of hydrogen-bond acceptors (Lipinski definition) is 3. The maximum Gasteiger partial charge on any atom is 0.101 e. The molecule has 0 bridgehead atoms. The Morgan fingerprint density at radius 2 is 2.25 bits per heavy atom. The minimum absolute atomic E-state index is 0.706. The van der Waals surface area contributed by atoms with Gasteiger partial charge in [-0.05, 0) is 18.2 Å². The van der Waals surface area contributed by atoms with Crippen LogP contribution < -0.4 is 5.73 Å². The van der Waals surface area contributed by atoms with Crippen molar-refractivity contribution in [2.75, 3.05) is 5.73 Å². The van der Waals surface area contributed by atoms with Crippen molar-refractivity contribution in [1.82, 2.24) is 0 Å². The third kappa shape index (κ3) is 0.936. The summed E-state index contributed by atoms with van der Waals surface area (Å²) in [6, 6.07) is 7.76. The molecule has 0 amide bonds. The van der Waals surface area contributed by atoms with Crippen LogP contribution in [0.3, 0.4) is 0 Å². The predicted octanol–water partition coefficient (Wildman–Crippen LogP) is 2.36. The second kappa shape index (κ2) is 2.50. The molecular weight excluding hydrogens is 168 g/mol. The molecule has 58 valence electrons. The number of nitrogens with two attached hydrogens (primary N) is 1. The fourth-order valence-electron chi connectivity index (χ4n) is 1.13. The van der Waals surface area contributed by atoms with Crippen LogP contribution in [0, 0.1) is 11.3 Å². The van der Waals surface area contributed by atoms with Crippen molar-refractivity contribution < 1.29 is 0 Å². The van der Waals surface area contributed by atoms with Gasteiger partial charge in [-0.3, -0.25) is 0 Å². The number of hydrogen-bond donors (Lipinski definition) is 1. The van der Waals surface area contributed by atoms with Gasteiger partial charge in [0.25, 0.3) is 0 Å². The summed E-state index contributed by atoms with van der Waals surface area (Å²) in [7, 11) is 0. The zero-order valence-electron chi connectivity index (χ0n) is 6.24. The van der Waals surface area contributed by atoms with E-state index in [1.807, 2.05) is 23.6 Å². The molecule has 1 aromatic heterocycles. The number of benzene rings is 1. The summed E-state index contributed by atoms with van der Waals surface area (Å²) in [5, 5.41) is 11.5. The zero-order chi connectivity index (χ0) is 8.55. The van der Waals surface area contributed by atoms with Crippen molar-refractivity contribution in [2.24, 2.45) is 0 Å². The lowest BCUT2D eigenvalue weighted by Gasteiger charge is -1.92. The van der Waals surface area contributed by atoms with Gasteiger partial charge in [0.1, 0.15) is 6.07 Å². The Morgan fingerprint density at radius 3 is 3.00 bits per heavy atom. The summed E-state index contributed by atoms with van der Waals surface area (Å²) in [5.74, 6) is 0. The van der Waals surface area contributed by atoms with Gasteiger partial charge in [-0.1, -0.05) is 0 Å². The summed E-state index contributed by atoms with van der Waals surface area (Å²) in [6.45, 7) is 0. The van der Waals surface area contributed by atoms with Crippen molar-refractivity contribution in [3.8, 4) is 6.07 Å². The molecule has 2 aromatic rings. The molecule has 0 spiro atoms. The summed E-state index contributed by atoms with van der Waals surface area (Å²) >= 11 is 1.57. The van der Waals surface area contributed by atoms with Gasteiger partial charge in [-0.25, -0.2) is 0 Å². The second-order valence-electron chi connectivity index (χ2n) is 2.52. The third-order valence-corrected chi connectivity index (χ3v) is 2.68. The molecule has 0 aliphatic rings. The van der Waals surface area contributed by atoms with E-state index in [1.165, 1.54) is 0 Å². The largest absolute Gasteiger partial charge is 0.399 e. The Hall–Kier alpha value is -1.53. The van der Waals surface area contributed by atoms with Crippen LogP contribution in [0.5, 0.6) is 0 Å². The minimum Gasteiger partial charge on any atom is -0.399 e. The van der Waals surface area contributed by atoms with Gasteiger partial charge in [0.05, 0.1) is 5.56 Å². The van der Waals surface area contributed by atoms with E-state index in [4.69, 9.17) is 11.0 Å². The smallest absolute Gasteiger partial charge is 0.101 e. The molecule has 3 heteroatoms. The number of nitriles is 1. The topological polar surface area (TPSA) is 49.8 Å². The first kappa shape index (κ1) is 7.14. The number of nitrogen functional groups attached to an aromatic ring is 1. The predicted molar refractivity (Wildman–Crippen MR) is 51.0 cm³/mol. The van der Waals surface area contributed by atoms with Gasteiger partial charge in [0.2, 0.25) is 0 Å². The van der Waals surface area contributed by atoms with Crippen LogP contribution in [-0.4, -0.2) is 0 Å². The molecule has 0 fully saturated rings. The van der Waals surface area contributed by atoms with Crippen molar-refractivity contribution in [2.45, 2.75) is 0 Å². The SMILES string of the molecule is N#Cc1csc2ccc(N)cc12. The molecule has 0 saturated carbocycles. The Balaban J connectivity index is 2.86. The molecule has 2 nitrogen and oxygen atoms in total. The first-order valence-corrected chi connectivity index (χ1v) is 4.36. The molecule has 12 heavy (non-hydrogen) atoms. The molecule has 2 N–H and O–H groups in total. The van der Waals surface area contributed by atoms with Crippen LogP contribution >= 0.6 is 11.3 Å². The third-order valence-electron chi connectivity index (χ3n) is 1.72. The number of nitrogens with zero attached hydrogens (tertiary/aromatic N) is 1. The molecule has 0 atom stereocenters. The van der Waals surface area contributed by atoms with Crippen LogP contribution in [-0.2, 0) is 0 Å². The average Bonchev–Trinajstić information content (AvgIpc) is 2.46. The lowest BCUT2D eigenvalue weighted by atomic mass is 10.2. The molecule has 1 aromatic carbocycles. The molecule has 0 aliphatic heterocycles. The van der Waals surface area contributed by atoms with Crippen molar-refractivity contribution in [3.05, 3.63) is 29.1 Å². The van der Waals surface area contributed by atoms with E-state index in [2.05, 4.69) is 6.07 Å². The molecule has 0 aliphatic carbocycles. The van der Waals surface area contributed by atoms with Crippen LogP contribution in [0.1, 0.15) is 5.56 Å². The first-order valence-electron chi connectivity index (χ1n) is 3.48. The zero-order valence-corrected chi connectivity index (χ0v) is 7.06. The highest BCUT2D eigenvalue weighted by molar-refractivity contribution is 7.17. The number of fused-ring (bicyclic) bond motifs is 1. The van der Waals surface area contributed by atoms with E-state index in [-0.39, 0.29) is 0 Å². The van der Waals surface area contributed by atoms with Gasteiger partial charge < -0.3 is 5.73 Å². The van der Waals surface area contributed by atoms with E-state index in [1.54, 1.807) is 11.3 Å². The monoisotopic (exact) mass is 174 g/mol. The Kier molecular flexibility index (Phi) is 1.49. The molecule has 1 heterocycles. The molecule has 0 unspecified atom stereocenters. The summed E-state index contributed by atoms with van der Waals surface area (Å²) in [4.78, 5) is 0. The lowest BCUT2D eigenvalue weighted by Crippen LogP contribution is -1.82. The fourth-order valence-corrected chi connectivity index (χ4v) is 2.00. The van der Waals surface area contributed by atoms with Crippen LogP contribution in [0.2, 0.25) is 0 Å². The summed E-state index contributed by atoms with van der Waals surface area (Å²) in [6.07, 6.45) is 0. The Morgan fingerprint density at radius 1 is 1.42 bits per heavy atom. The number of anilines is 1. The van der Waals surface area contributed by atoms with E-state index in [0.29, 0.717) is 11.3 Å². The minimum atomic E-state index is 0.706. The maximum absolute atomic E-state index is 8.73. The molecular formula is C9H6N2S. The highest BCUT2D eigenvalue weighted by Gasteiger charge is 2.02. The summed E-state index contributed by atoms with van der Waals surface area (Å²) in [5.41, 5.74) is 7.02. The van der Waals surface area contributed by atoms with Crippen molar-refractivity contribution in [3.63, 3.8) is 0 Å². The van der Waals surface area contributed by atoms with E-state index < -0.39 is 0 Å². The van der Waals surface area contributed by atoms with Crippen LogP contribution in [0.25, 0.3) is 10.1 Å². The number of rotatable bonds is 0. The molecule has 0 radical (unpaired) electrons. The second-order valence-corrected chi connectivity index (χ2v) is 3.43. The first-order chi connectivity index (χ1) is 5.81. The van der Waals surface area contributed by atoms with Gasteiger partial charge in [0, 0.05) is 21.2 Å². The van der Waals surface area contributed by atoms with E-state index >= 15 is 0 Å². The van der Waals surface area contributed by atoms with Crippen molar-refractivity contribution in [1.29, 1.82) is 5.26 Å². The normalized spacial score (nSPS) is 9.92. The quantitative estimate of drug-likeness (QED) is 0.623. The molecule has 2 rings (SSSR count). The Bertz CT molecular complexity index is 465. The maximum atomic E-state index is 8.73. The van der Waals surface area contributed by atoms with Gasteiger partial charge >= 0.3 is 0 Å². The number of thiophene rings is 1. The average molecular weight is 174 g/mol. The standard InChI is InChI=1S/C9H6N2S/c10-4-6-5-12-9-2-1-7(11)3-8(6)9/h1-3,5H,11H2. The van der Waals surface area contributed by atoms with E-state index in [9.17, 15) is 0 Å². The lowest BCUT2D eigenvalue weighted by molar-refractivity contribution is 1.52. The van der Waals surface area contributed by atoms with E-state index in [0.717, 1.165) is 10.1 Å². The van der Waals surface area contributed by atoms with Crippen molar-refractivity contribution >= 4 is 27.1 Å². The van der Waals surface area contributed by atoms with Gasteiger partial charge in [-0.2, -0.15) is 5.26 Å². The Labute approximate surface area is 73.9 Å². The van der Waals surface area contributed by atoms with Crippen LogP contribution in [0.4, 0.5) is 5.69 Å². The fraction of sp³-hybridized carbons (Fsp3) is 0.